The summed E-state index contributed by atoms with van der Waals surface area (Å²) in [6.07, 6.45) is 3.56. The predicted molar refractivity (Wildman–Crippen MR) is 106 cm³/mol. The standard InChI is InChI=1S/C22H25N3O4/c26-20(24-10-6-17-4-2-1-3-5-17)18-7-11-23-19(16-18)21(27)25-12-8-22(9-13-25)28-14-15-29-22/h1-5,7,11,16H,6,8-10,12-15H2,(H,24,26). The molecule has 3 heterocycles. The summed E-state index contributed by atoms with van der Waals surface area (Å²) in [5, 5.41) is 2.90. The highest BCUT2D eigenvalue weighted by Gasteiger charge is 2.41. The van der Waals surface area contributed by atoms with E-state index < -0.39 is 5.79 Å². The van der Waals surface area contributed by atoms with Crippen LogP contribution in [0.5, 0.6) is 0 Å². The van der Waals surface area contributed by atoms with Gasteiger partial charge in [0, 0.05) is 44.2 Å². The van der Waals surface area contributed by atoms with Crippen LogP contribution in [0, 0.1) is 0 Å². The molecule has 0 bridgehead atoms. The second kappa shape index (κ2) is 8.71. The van der Waals surface area contributed by atoms with Gasteiger partial charge < -0.3 is 19.7 Å². The van der Waals surface area contributed by atoms with Crippen molar-refractivity contribution in [2.45, 2.75) is 25.0 Å². The zero-order valence-electron chi connectivity index (χ0n) is 16.3. The highest BCUT2D eigenvalue weighted by molar-refractivity contribution is 5.98. The first kappa shape index (κ1) is 19.5. The molecule has 1 aromatic carbocycles. The van der Waals surface area contributed by atoms with Crippen LogP contribution in [0.15, 0.2) is 48.7 Å². The van der Waals surface area contributed by atoms with Crippen molar-refractivity contribution >= 4 is 11.8 Å². The molecule has 2 saturated heterocycles. The number of hydrogen-bond acceptors (Lipinski definition) is 5. The van der Waals surface area contributed by atoms with Gasteiger partial charge in [0.05, 0.1) is 13.2 Å². The summed E-state index contributed by atoms with van der Waals surface area (Å²) in [5.41, 5.74) is 1.88. The van der Waals surface area contributed by atoms with Gasteiger partial charge in [-0.15, -0.1) is 0 Å². The molecule has 0 saturated carbocycles. The third kappa shape index (κ3) is 4.63. The molecule has 1 N–H and O–H groups in total. The topological polar surface area (TPSA) is 80.8 Å². The molecule has 0 unspecified atom stereocenters. The Labute approximate surface area is 170 Å². The first-order valence-corrected chi connectivity index (χ1v) is 10.0. The Hall–Kier alpha value is -2.77. The zero-order valence-corrected chi connectivity index (χ0v) is 16.3. The number of carbonyl (C=O) groups excluding carboxylic acids is 2. The maximum atomic E-state index is 12.8. The van der Waals surface area contributed by atoms with Crippen molar-refractivity contribution in [3.8, 4) is 0 Å². The Morgan fingerprint density at radius 3 is 2.52 bits per heavy atom. The average Bonchev–Trinajstić information content (AvgIpc) is 3.22. The fraction of sp³-hybridized carbons (Fsp3) is 0.409. The average molecular weight is 395 g/mol. The van der Waals surface area contributed by atoms with Gasteiger partial charge in [-0.05, 0) is 24.1 Å². The maximum absolute atomic E-state index is 12.8. The number of ether oxygens (including phenoxy) is 2. The van der Waals surface area contributed by atoms with Crippen LogP contribution in [0.25, 0.3) is 0 Å². The highest BCUT2D eigenvalue weighted by Crippen LogP contribution is 2.31. The van der Waals surface area contributed by atoms with Gasteiger partial charge in [-0.25, -0.2) is 0 Å². The number of hydrogen-bond donors (Lipinski definition) is 1. The molecule has 0 atom stereocenters. The molecule has 152 valence electrons. The number of amides is 2. The molecule has 2 aliphatic rings. The van der Waals surface area contributed by atoms with Crippen LogP contribution < -0.4 is 5.32 Å². The van der Waals surface area contributed by atoms with Crippen molar-refractivity contribution in [1.82, 2.24) is 15.2 Å². The first-order valence-electron chi connectivity index (χ1n) is 10.0. The van der Waals surface area contributed by atoms with Crippen molar-refractivity contribution in [1.29, 1.82) is 0 Å². The van der Waals surface area contributed by atoms with Crippen molar-refractivity contribution in [2.24, 2.45) is 0 Å². The van der Waals surface area contributed by atoms with Crippen LogP contribution in [0.1, 0.15) is 39.3 Å². The van der Waals surface area contributed by atoms with E-state index in [4.69, 9.17) is 9.47 Å². The lowest BCUT2D eigenvalue weighted by atomic mass is 10.0. The molecule has 2 amide bonds. The molecule has 7 heteroatoms. The van der Waals surface area contributed by atoms with Gasteiger partial charge in [-0.3, -0.25) is 14.6 Å². The van der Waals surface area contributed by atoms with Gasteiger partial charge >= 0.3 is 0 Å². The SMILES string of the molecule is O=C(NCCc1ccccc1)c1ccnc(C(=O)N2CCC3(CC2)OCCO3)c1. The van der Waals surface area contributed by atoms with Crippen LogP contribution in [0.3, 0.4) is 0 Å². The van der Waals surface area contributed by atoms with Crippen molar-refractivity contribution < 1.29 is 19.1 Å². The van der Waals surface area contributed by atoms with Gasteiger partial charge in [0.2, 0.25) is 0 Å². The maximum Gasteiger partial charge on any atom is 0.272 e. The van der Waals surface area contributed by atoms with Crippen LogP contribution in [0.4, 0.5) is 0 Å². The molecular formula is C22H25N3O4. The van der Waals surface area contributed by atoms with Gasteiger partial charge in [0.1, 0.15) is 5.69 Å². The third-order valence-electron chi connectivity index (χ3n) is 5.41. The number of nitrogens with zero attached hydrogens (tertiary/aromatic N) is 2. The predicted octanol–water partition coefficient (Wildman–Crippen LogP) is 2.03. The number of aromatic nitrogens is 1. The van der Waals surface area contributed by atoms with Crippen LogP contribution >= 0.6 is 0 Å². The summed E-state index contributed by atoms with van der Waals surface area (Å²) in [4.78, 5) is 31.2. The highest BCUT2D eigenvalue weighted by atomic mass is 16.7. The van der Waals surface area contributed by atoms with E-state index in [1.54, 1.807) is 17.0 Å². The van der Waals surface area contributed by atoms with E-state index in [2.05, 4.69) is 10.3 Å². The molecule has 1 aromatic heterocycles. The van der Waals surface area contributed by atoms with E-state index in [0.717, 1.165) is 12.0 Å². The normalized spacial score (nSPS) is 18.0. The Morgan fingerprint density at radius 1 is 1.07 bits per heavy atom. The lowest BCUT2D eigenvalue weighted by Gasteiger charge is -2.37. The number of nitrogens with one attached hydrogen (secondary N) is 1. The Kier molecular flexibility index (Phi) is 5.87. The molecule has 0 aliphatic carbocycles. The fourth-order valence-corrected chi connectivity index (χ4v) is 3.75. The zero-order chi connectivity index (χ0) is 20.1. The number of carbonyl (C=O) groups is 2. The van der Waals surface area contributed by atoms with Crippen LogP contribution in [-0.4, -0.2) is 60.3 Å². The second-order valence-electron chi connectivity index (χ2n) is 7.32. The monoisotopic (exact) mass is 395 g/mol. The minimum atomic E-state index is -0.523. The number of likely N-dealkylation sites (tertiary alicyclic amines) is 1. The number of pyridine rings is 1. The van der Waals surface area contributed by atoms with Crippen molar-refractivity contribution in [3.05, 3.63) is 65.5 Å². The van der Waals surface area contributed by atoms with E-state index in [0.29, 0.717) is 51.3 Å². The summed E-state index contributed by atoms with van der Waals surface area (Å²) >= 11 is 0. The van der Waals surface area contributed by atoms with Gasteiger partial charge in [-0.2, -0.15) is 0 Å². The molecule has 2 aliphatic heterocycles. The summed E-state index contributed by atoms with van der Waals surface area (Å²) < 4.78 is 11.4. The first-order chi connectivity index (χ1) is 14.2. The van der Waals surface area contributed by atoms with E-state index in [1.165, 1.54) is 6.20 Å². The number of piperidine rings is 1. The largest absolute Gasteiger partial charge is 0.352 e. The molecular weight excluding hydrogens is 370 g/mol. The lowest BCUT2D eigenvalue weighted by molar-refractivity contribution is -0.181. The minimum absolute atomic E-state index is 0.170. The van der Waals surface area contributed by atoms with Crippen molar-refractivity contribution in [3.63, 3.8) is 0 Å². The van der Waals surface area contributed by atoms with Gasteiger partial charge in [0.15, 0.2) is 5.79 Å². The van der Waals surface area contributed by atoms with Gasteiger partial charge in [0.25, 0.3) is 11.8 Å². The summed E-state index contributed by atoms with van der Waals surface area (Å²) in [6.45, 7) is 2.85. The Morgan fingerprint density at radius 2 is 1.79 bits per heavy atom. The molecule has 4 rings (SSSR count). The van der Waals surface area contributed by atoms with Crippen LogP contribution in [-0.2, 0) is 15.9 Å². The van der Waals surface area contributed by atoms with E-state index in [-0.39, 0.29) is 17.5 Å². The quantitative estimate of drug-likeness (QED) is 0.838. The Balaban J connectivity index is 1.33. The number of benzene rings is 1. The number of rotatable bonds is 5. The molecule has 29 heavy (non-hydrogen) atoms. The smallest absolute Gasteiger partial charge is 0.272 e. The summed E-state index contributed by atoms with van der Waals surface area (Å²) in [6, 6.07) is 13.2. The molecule has 7 nitrogen and oxygen atoms in total. The molecule has 2 aromatic rings. The fourth-order valence-electron chi connectivity index (χ4n) is 3.75. The molecule has 1 spiro atoms. The Bertz CT molecular complexity index is 855. The molecule has 2 fully saturated rings. The minimum Gasteiger partial charge on any atom is -0.352 e. The lowest BCUT2D eigenvalue weighted by Crippen LogP contribution is -2.47. The van der Waals surface area contributed by atoms with E-state index in [9.17, 15) is 9.59 Å². The third-order valence-corrected chi connectivity index (χ3v) is 5.41. The van der Waals surface area contributed by atoms with Crippen molar-refractivity contribution in [2.75, 3.05) is 32.8 Å². The summed E-state index contributed by atoms with van der Waals surface area (Å²) in [7, 11) is 0. The second-order valence-corrected chi connectivity index (χ2v) is 7.32. The van der Waals surface area contributed by atoms with E-state index in [1.807, 2.05) is 30.3 Å². The van der Waals surface area contributed by atoms with E-state index >= 15 is 0 Å². The summed E-state index contributed by atoms with van der Waals surface area (Å²) in [5.74, 6) is -0.899. The van der Waals surface area contributed by atoms with Gasteiger partial charge in [-0.1, -0.05) is 30.3 Å². The van der Waals surface area contributed by atoms with Crippen LogP contribution in [0.2, 0.25) is 0 Å². The molecule has 0 radical (unpaired) electrons.